The summed E-state index contributed by atoms with van der Waals surface area (Å²) in [5.74, 6) is -2.42. The lowest BCUT2D eigenvalue weighted by Crippen LogP contribution is -2.37. The van der Waals surface area contributed by atoms with E-state index in [0.29, 0.717) is 76.5 Å². The van der Waals surface area contributed by atoms with Crippen LogP contribution in [0.15, 0.2) is 72.8 Å². The Morgan fingerprint density at radius 2 is 1.00 bits per heavy atom. The first-order valence-electron chi connectivity index (χ1n) is 21.2. The van der Waals surface area contributed by atoms with Gasteiger partial charge in [-0.25, -0.2) is 0 Å². The minimum absolute atomic E-state index is 0.0676. The van der Waals surface area contributed by atoms with E-state index in [2.05, 4.69) is 16.0 Å². The van der Waals surface area contributed by atoms with E-state index < -0.39 is 35.7 Å². The second kappa shape index (κ2) is 21.9. The fourth-order valence-electron chi connectivity index (χ4n) is 8.95. The summed E-state index contributed by atoms with van der Waals surface area (Å²) >= 11 is 0. The van der Waals surface area contributed by atoms with E-state index in [4.69, 9.17) is 9.47 Å². The second-order valence-corrected chi connectivity index (χ2v) is 16.4. The summed E-state index contributed by atoms with van der Waals surface area (Å²) in [5.41, 5.74) is 3.50. The Morgan fingerprint density at radius 1 is 0.576 bits per heavy atom. The molecule has 318 valence electrons. The standard InChI is InChI=1S/C46H60N4O9/c51-43(27-32-6-1-5-31(21-32)24-40(44(52)53)35-11-14-47-28-35)50(18-20-59-39-10-3-8-34(23-39)26-42(46(56)57)37-13-16-49-30-37)17-4-19-58-38-9-2-7-33(22-38)25-41(45(54)55)36-12-15-48-29-36/h1-3,5-10,21-23,35-37,40-42,47-49H,4,11-20,24-30H2,(H,52,53)(H,54,55)(H,56,57)/t35-,36-,37-,40-,41-,42-/m0/s1. The van der Waals surface area contributed by atoms with Crippen molar-refractivity contribution in [1.29, 1.82) is 0 Å². The molecule has 3 aliphatic heterocycles. The van der Waals surface area contributed by atoms with Crippen LogP contribution in [0.4, 0.5) is 0 Å². The van der Waals surface area contributed by atoms with Crippen LogP contribution >= 0.6 is 0 Å². The second-order valence-electron chi connectivity index (χ2n) is 16.4. The van der Waals surface area contributed by atoms with E-state index in [-0.39, 0.29) is 36.7 Å². The first-order chi connectivity index (χ1) is 28.6. The Bertz CT molecular complexity index is 1860. The largest absolute Gasteiger partial charge is 0.494 e. The summed E-state index contributed by atoms with van der Waals surface area (Å²) in [6.07, 6.45) is 4.44. The number of hydrogen-bond donors (Lipinski definition) is 6. The molecular formula is C46H60N4O9. The number of hydrogen-bond acceptors (Lipinski definition) is 9. The van der Waals surface area contributed by atoms with Gasteiger partial charge in [-0.3, -0.25) is 19.2 Å². The molecule has 3 fully saturated rings. The number of rotatable bonds is 23. The fraction of sp³-hybridized carbons (Fsp3) is 0.522. The minimum atomic E-state index is -0.801. The van der Waals surface area contributed by atoms with Crippen LogP contribution in [0.1, 0.15) is 47.9 Å². The van der Waals surface area contributed by atoms with Crippen molar-refractivity contribution in [1.82, 2.24) is 20.9 Å². The van der Waals surface area contributed by atoms with Gasteiger partial charge in [0.2, 0.25) is 5.91 Å². The molecular weight excluding hydrogens is 753 g/mol. The SMILES string of the molecule is O=C(O)[C@@H](Cc1cccc(CC(=O)N(CCCOc2cccc(C[C@H](C(=O)O)[C@H]3CCNC3)c2)CCOc2cccc(C[C@H](C(=O)O)[C@H]3CCNC3)c2)c1)[C@H]1CCNC1. The van der Waals surface area contributed by atoms with E-state index in [1.165, 1.54) is 0 Å². The van der Waals surface area contributed by atoms with Gasteiger partial charge in [-0.05, 0) is 148 Å². The van der Waals surface area contributed by atoms with E-state index in [1.54, 1.807) is 4.90 Å². The minimum Gasteiger partial charge on any atom is -0.494 e. The predicted octanol–water partition coefficient (Wildman–Crippen LogP) is 4.16. The molecule has 13 heteroatoms. The highest BCUT2D eigenvalue weighted by atomic mass is 16.5. The molecule has 0 radical (unpaired) electrons. The Kier molecular flexibility index (Phi) is 16.2. The number of carboxylic acid groups (broad SMARTS) is 3. The fourth-order valence-corrected chi connectivity index (χ4v) is 8.95. The molecule has 0 aliphatic carbocycles. The highest BCUT2D eigenvalue weighted by Gasteiger charge is 2.33. The van der Waals surface area contributed by atoms with Crippen LogP contribution in [0, 0.1) is 35.5 Å². The molecule has 3 saturated heterocycles. The normalized spacial score (nSPS) is 20.4. The molecule has 59 heavy (non-hydrogen) atoms. The number of carboxylic acids is 3. The number of aliphatic carboxylic acids is 3. The molecule has 6 atom stereocenters. The van der Waals surface area contributed by atoms with E-state index >= 15 is 0 Å². The molecule has 6 N–H and O–H groups in total. The molecule has 3 aliphatic rings. The molecule has 13 nitrogen and oxygen atoms in total. The quantitative estimate of drug-likeness (QED) is 0.0753. The van der Waals surface area contributed by atoms with Crippen LogP contribution in [0.25, 0.3) is 0 Å². The lowest BCUT2D eigenvalue weighted by atomic mass is 9.86. The first-order valence-corrected chi connectivity index (χ1v) is 21.2. The smallest absolute Gasteiger partial charge is 0.307 e. The third-order valence-electron chi connectivity index (χ3n) is 12.3. The van der Waals surface area contributed by atoms with Crippen molar-refractivity contribution in [3.63, 3.8) is 0 Å². The predicted molar refractivity (Wildman–Crippen MR) is 223 cm³/mol. The number of benzene rings is 3. The average Bonchev–Trinajstić information content (AvgIpc) is 4.05. The number of carbonyl (C=O) groups is 4. The molecule has 3 aromatic rings. The zero-order valence-electron chi connectivity index (χ0n) is 33.9. The van der Waals surface area contributed by atoms with E-state index in [0.717, 1.165) is 61.2 Å². The van der Waals surface area contributed by atoms with Crippen molar-refractivity contribution in [3.05, 3.63) is 95.1 Å². The van der Waals surface area contributed by atoms with E-state index in [1.807, 2.05) is 72.8 Å². The Balaban J connectivity index is 1.08. The summed E-state index contributed by atoms with van der Waals surface area (Å²) in [5, 5.41) is 39.7. The van der Waals surface area contributed by atoms with Crippen LogP contribution < -0.4 is 25.4 Å². The molecule has 0 saturated carbocycles. The molecule has 0 bridgehead atoms. The molecule has 0 spiro atoms. The average molecular weight is 813 g/mol. The lowest BCUT2D eigenvalue weighted by Gasteiger charge is -2.24. The van der Waals surface area contributed by atoms with Gasteiger partial charge in [0.1, 0.15) is 18.1 Å². The molecule has 3 heterocycles. The lowest BCUT2D eigenvalue weighted by molar-refractivity contribution is -0.144. The third kappa shape index (κ3) is 13.0. The third-order valence-corrected chi connectivity index (χ3v) is 12.3. The zero-order chi connectivity index (χ0) is 41.6. The maximum atomic E-state index is 14.0. The Labute approximate surface area is 346 Å². The number of nitrogens with one attached hydrogen (secondary N) is 3. The molecule has 1 amide bonds. The van der Waals surface area contributed by atoms with Gasteiger partial charge >= 0.3 is 17.9 Å². The topological polar surface area (TPSA) is 187 Å². The maximum absolute atomic E-state index is 14.0. The van der Waals surface area contributed by atoms with Crippen LogP contribution in [-0.2, 0) is 44.9 Å². The van der Waals surface area contributed by atoms with Gasteiger partial charge in [0.25, 0.3) is 0 Å². The van der Waals surface area contributed by atoms with Gasteiger partial charge in [0.05, 0.1) is 37.3 Å². The van der Waals surface area contributed by atoms with Crippen molar-refractivity contribution < 1.29 is 44.0 Å². The van der Waals surface area contributed by atoms with Crippen molar-refractivity contribution in [2.45, 2.75) is 51.4 Å². The van der Waals surface area contributed by atoms with Gasteiger partial charge in [-0.1, -0.05) is 48.5 Å². The number of ether oxygens (including phenoxy) is 2. The molecule has 0 aromatic heterocycles. The van der Waals surface area contributed by atoms with Crippen molar-refractivity contribution in [3.8, 4) is 11.5 Å². The Hall–Kier alpha value is -4.98. The number of nitrogens with zero attached hydrogens (tertiary/aromatic N) is 1. The maximum Gasteiger partial charge on any atom is 0.307 e. The highest BCUT2D eigenvalue weighted by Crippen LogP contribution is 2.28. The van der Waals surface area contributed by atoms with Crippen LogP contribution in [0.2, 0.25) is 0 Å². The monoisotopic (exact) mass is 812 g/mol. The summed E-state index contributed by atoms with van der Waals surface area (Å²) in [6.45, 7) is 5.87. The summed E-state index contributed by atoms with van der Waals surface area (Å²) in [7, 11) is 0. The molecule has 6 rings (SSSR count). The van der Waals surface area contributed by atoms with Gasteiger partial charge in [0, 0.05) is 6.54 Å². The van der Waals surface area contributed by atoms with Gasteiger partial charge < -0.3 is 45.6 Å². The van der Waals surface area contributed by atoms with Crippen molar-refractivity contribution in [2.24, 2.45) is 35.5 Å². The number of carbonyl (C=O) groups excluding carboxylic acids is 1. The van der Waals surface area contributed by atoms with Crippen LogP contribution in [0.3, 0.4) is 0 Å². The van der Waals surface area contributed by atoms with Crippen molar-refractivity contribution in [2.75, 3.05) is 65.6 Å². The van der Waals surface area contributed by atoms with Gasteiger partial charge in [0.15, 0.2) is 0 Å². The zero-order valence-corrected chi connectivity index (χ0v) is 33.9. The van der Waals surface area contributed by atoms with Crippen LogP contribution in [0.5, 0.6) is 11.5 Å². The van der Waals surface area contributed by atoms with Crippen molar-refractivity contribution >= 4 is 23.8 Å². The summed E-state index contributed by atoms with van der Waals surface area (Å²) < 4.78 is 12.3. The summed E-state index contributed by atoms with van der Waals surface area (Å²) in [6, 6.07) is 22.7. The van der Waals surface area contributed by atoms with Gasteiger partial charge in [-0.2, -0.15) is 0 Å². The highest BCUT2D eigenvalue weighted by molar-refractivity contribution is 5.79. The summed E-state index contributed by atoms with van der Waals surface area (Å²) in [4.78, 5) is 52.1. The van der Waals surface area contributed by atoms with E-state index in [9.17, 15) is 34.5 Å². The Morgan fingerprint density at radius 3 is 1.44 bits per heavy atom. The first kappa shape index (κ1) is 43.6. The molecule has 0 unspecified atom stereocenters. The van der Waals surface area contributed by atoms with Crippen LogP contribution in [-0.4, -0.2) is 110 Å². The molecule has 3 aromatic carbocycles. The number of amides is 1. The van der Waals surface area contributed by atoms with Gasteiger partial charge in [-0.15, -0.1) is 0 Å².